The number of likely N-dealkylation sites (tertiary alicyclic amines) is 1. The van der Waals surface area contributed by atoms with Crippen LogP contribution in [0.3, 0.4) is 0 Å². The van der Waals surface area contributed by atoms with Gasteiger partial charge in [0.25, 0.3) is 0 Å². The predicted octanol–water partition coefficient (Wildman–Crippen LogP) is 6.59. The van der Waals surface area contributed by atoms with Crippen LogP contribution in [0.5, 0.6) is 6.01 Å². The Labute approximate surface area is 312 Å². The standard InChI is InChI=1S/C37H40F6N8O2S/c1-5-51(21-13-35(2,49(4)16-21)17-48(3)19-52)33-23-11-25(37(41,42)43)28(22-7-8-26(39)31-27(22)24(14-44)32(45)54-31)29(40)30(23)46-34(47-33)53-18-36-9-6-10-50(36)15-20(38)12-36/h7-8,11,19-21H,5-6,9-10,12-13,15-18,45H2,1-4H3. The van der Waals surface area contributed by atoms with Crippen LogP contribution in [0.2, 0.25) is 0 Å². The lowest BCUT2D eigenvalue weighted by atomic mass is 9.92. The van der Waals surface area contributed by atoms with Gasteiger partial charge < -0.3 is 20.3 Å². The Morgan fingerprint density at radius 1 is 1.22 bits per heavy atom. The van der Waals surface area contributed by atoms with Gasteiger partial charge in [0.2, 0.25) is 6.41 Å². The Balaban J connectivity index is 1.45. The molecule has 10 nitrogen and oxygen atoms in total. The molecule has 2 aromatic heterocycles. The van der Waals surface area contributed by atoms with Gasteiger partial charge in [-0.05, 0) is 64.4 Å². The summed E-state index contributed by atoms with van der Waals surface area (Å²) in [6.45, 7) is 5.82. The summed E-state index contributed by atoms with van der Waals surface area (Å²) in [5.74, 6) is -2.18. The molecule has 4 unspecified atom stereocenters. The zero-order valence-corrected chi connectivity index (χ0v) is 31.1. The van der Waals surface area contributed by atoms with Crippen molar-refractivity contribution in [2.24, 2.45) is 0 Å². The lowest BCUT2D eigenvalue weighted by Crippen LogP contribution is -2.46. The van der Waals surface area contributed by atoms with Crippen molar-refractivity contribution < 1.29 is 35.9 Å². The van der Waals surface area contributed by atoms with Crippen LogP contribution in [0.15, 0.2) is 18.2 Å². The third-order valence-corrected chi connectivity index (χ3v) is 12.6. The molecule has 5 heterocycles. The minimum atomic E-state index is -5.12. The third-order valence-electron chi connectivity index (χ3n) is 11.5. The van der Waals surface area contributed by atoms with E-state index < -0.39 is 51.7 Å². The Hall–Kier alpha value is -4.40. The second-order valence-corrected chi connectivity index (χ2v) is 16.0. The van der Waals surface area contributed by atoms with Crippen molar-refractivity contribution in [1.82, 2.24) is 24.7 Å². The lowest BCUT2D eigenvalue weighted by Gasteiger charge is -2.35. The first-order valence-corrected chi connectivity index (χ1v) is 18.5. The molecular weight excluding hydrogens is 735 g/mol. The van der Waals surface area contributed by atoms with Crippen molar-refractivity contribution in [2.45, 2.75) is 69.0 Å². The number of thiophene rings is 1. The smallest absolute Gasteiger partial charge is 0.417 e. The van der Waals surface area contributed by atoms with Gasteiger partial charge in [0.05, 0.1) is 21.4 Å². The number of hydrogen-bond donors (Lipinski definition) is 1. The summed E-state index contributed by atoms with van der Waals surface area (Å²) < 4.78 is 98.5. The summed E-state index contributed by atoms with van der Waals surface area (Å²) in [6.07, 6.45) is -3.23. The summed E-state index contributed by atoms with van der Waals surface area (Å²) in [5.41, 5.74) is 1.47. The summed E-state index contributed by atoms with van der Waals surface area (Å²) in [7, 11) is 3.56. The van der Waals surface area contributed by atoms with Gasteiger partial charge in [-0.1, -0.05) is 6.07 Å². The second kappa shape index (κ2) is 13.7. The Morgan fingerprint density at radius 3 is 2.67 bits per heavy atom. The molecule has 54 heavy (non-hydrogen) atoms. The van der Waals surface area contributed by atoms with Crippen LogP contribution in [0, 0.1) is 23.0 Å². The van der Waals surface area contributed by atoms with Crippen molar-refractivity contribution in [3.63, 3.8) is 0 Å². The van der Waals surface area contributed by atoms with Gasteiger partial charge in [-0.2, -0.15) is 28.4 Å². The van der Waals surface area contributed by atoms with Crippen molar-refractivity contribution in [3.8, 4) is 23.2 Å². The van der Waals surface area contributed by atoms with Crippen LogP contribution in [-0.2, 0) is 11.0 Å². The van der Waals surface area contributed by atoms with Gasteiger partial charge in [0.15, 0.2) is 5.82 Å². The summed E-state index contributed by atoms with van der Waals surface area (Å²) in [5, 5.41) is 9.31. The molecule has 3 fully saturated rings. The Bertz CT molecular complexity index is 2180. The molecule has 0 bridgehead atoms. The van der Waals surface area contributed by atoms with E-state index in [1.165, 1.54) is 4.90 Å². The maximum atomic E-state index is 17.3. The van der Waals surface area contributed by atoms with Gasteiger partial charge >= 0.3 is 12.2 Å². The number of hydrogen-bond acceptors (Lipinski definition) is 10. The average molecular weight is 775 g/mol. The molecule has 4 aromatic rings. The van der Waals surface area contributed by atoms with E-state index in [0.29, 0.717) is 43.8 Å². The summed E-state index contributed by atoms with van der Waals surface area (Å²) in [4.78, 5) is 28.0. The van der Waals surface area contributed by atoms with E-state index in [2.05, 4.69) is 14.9 Å². The number of likely N-dealkylation sites (N-methyl/N-ethyl adjacent to an activating group) is 3. The number of nitriles is 1. The number of aromatic nitrogens is 2. The fraction of sp³-hybridized carbons (Fsp3) is 0.514. The molecule has 0 saturated carbocycles. The van der Waals surface area contributed by atoms with Crippen LogP contribution >= 0.6 is 11.3 Å². The highest BCUT2D eigenvalue weighted by atomic mass is 32.1. The van der Waals surface area contributed by atoms with Crippen LogP contribution < -0.4 is 15.4 Å². The van der Waals surface area contributed by atoms with E-state index in [9.17, 15) is 14.4 Å². The molecule has 7 rings (SSSR count). The number of fused-ring (bicyclic) bond motifs is 3. The van der Waals surface area contributed by atoms with Crippen LogP contribution in [0.4, 0.5) is 37.2 Å². The lowest BCUT2D eigenvalue weighted by molar-refractivity contribution is -0.137. The zero-order valence-electron chi connectivity index (χ0n) is 30.2. The van der Waals surface area contributed by atoms with Gasteiger partial charge in [-0.3, -0.25) is 14.6 Å². The number of anilines is 2. The molecular formula is C37H40F6N8O2S. The van der Waals surface area contributed by atoms with E-state index in [4.69, 9.17) is 10.5 Å². The average Bonchev–Trinajstić information content (AvgIpc) is 3.83. The molecule has 3 saturated heterocycles. The van der Waals surface area contributed by atoms with Crippen LogP contribution in [0.25, 0.3) is 32.1 Å². The number of rotatable bonds is 10. The summed E-state index contributed by atoms with van der Waals surface area (Å²) in [6, 6.07) is 3.94. The van der Waals surface area contributed by atoms with Crippen molar-refractivity contribution in [2.75, 3.05) is 64.1 Å². The topological polar surface area (TPSA) is 115 Å². The van der Waals surface area contributed by atoms with Crippen molar-refractivity contribution in [1.29, 1.82) is 5.26 Å². The fourth-order valence-electron chi connectivity index (χ4n) is 8.93. The number of ether oxygens (including phenoxy) is 1. The van der Waals surface area contributed by atoms with Gasteiger partial charge in [0.1, 0.15) is 41.0 Å². The van der Waals surface area contributed by atoms with Crippen molar-refractivity contribution in [3.05, 3.63) is 41.0 Å². The number of carbonyl (C=O) groups is 1. The Kier molecular flexibility index (Phi) is 9.63. The first-order valence-electron chi connectivity index (χ1n) is 17.7. The van der Waals surface area contributed by atoms with E-state index in [0.717, 1.165) is 31.0 Å². The van der Waals surface area contributed by atoms with E-state index >= 15 is 22.0 Å². The normalized spacial score (nSPS) is 24.7. The van der Waals surface area contributed by atoms with E-state index in [1.54, 1.807) is 11.9 Å². The molecule has 2 aromatic carbocycles. The number of nitrogens with two attached hydrogens (primary N) is 1. The molecule has 17 heteroatoms. The highest BCUT2D eigenvalue weighted by Crippen LogP contribution is 2.49. The first kappa shape index (κ1) is 37.9. The highest BCUT2D eigenvalue weighted by Gasteiger charge is 2.50. The van der Waals surface area contributed by atoms with E-state index in [1.807, 2.05) is 31.9 Å². The quantitative estimate of drug-likeness (QED) is 0.141. The minimum Gasteiger partial charge on any atom is -0.461 e. The predicted molar refractivity (Wildman–Crippen MR) is 194 cm³/mol. The molecule has 2 N–H and O–H groups in total. The SMILES string of the molecule is CCN(c1nc(OCC23CCCN2CC(F)C3)nc2c(F)c(-c3ccc(F)c4sc(N)c(C#N)c34)c(C(F)(F)F)cc12)C1CN(C)C(C)(CN(C)C=O)C1. The van der Waals surface area contributed by atoms with E-state index in [-0.39, 0.29) is 75.6 Å². The fourth-order valence-corrected chi connectivity index (χ4v) is 9.88. The number of alkyl halides is 4. The van der Waals surface area contributed by atoms with Crippen LogP contribution in [0.1, 0.15) is 50.7 Å². The molecule has 3 aliphatic heterocycles. The molecule has 0 aliphatic carbocycles. The number of halogens is 6. The highest BCUT2D eigenvalue weighted by molar-refractivity contribution is 7.23. The maximum absolute atomic E-state index is 17.3. The molecule has 0 radical (unpaired) electrons. The Morgan fingerprint density at radius 2 is 1.98 bits per heavy atom. The van der Waals surface area contributed by atoms with Gasteiger partial charge in [-0.25, -0.2) is 13.2 Å². The third kappa shape index (κ3) is 6.25. The molecule has 1 amide bonds. The number of nitrogen functional groups attached to an aromatic ring is 1. The summed E-state index contributed by atoms with van der Waals surface area (Å²) >= 11 is 0.685. The van der Waals surface area contributed by atoms with Crippen molar-refractivity contribution >= 4 is 49.6 Å². The molecule has 3 aliphatic rings. The van der Waals surface area contributed by atoms with Crippen LogP contribution in [-0.4, -0.2) is 108 Å². The maximum Gasteiger partial charge on any atom is 0.417 e. The van der Waals surface area contributed by atoms with Gasteiger partial charge in [-0.15, -0.1) is 11.3 Å². The molecule has 288 valence electrons. The minimum absolute atomic E-state index is 0.0113. The first-order chi connectivity index (χ1) is 25.5. The number of carbonyl (C=O) groups excluding carboxylic acids is 1. The molecule has 4 atom stereocenters. The largest absolute Gasteiger partial charge is 0.461 e. The second-order valence-electron chi connectivity index (χ2n) is 15.0. The number of benzene rings is 2. The number of nitrogens with zero attached hydrogens (tertiary/aromatic N) is 7. The number of amides is 1. The molecule has 0 spiro atoms. The van der Waals surface area contributed by atoms with Gasteiger partial charge in [0, 0.05) is 67.6 Å². The monoisotopic (exact) mass is 774 g/mol. The zero-order chi connectivity index (χ0) is 38.9.